The Morgan fingerprint density at radius 3 is 2.31 bits per heavy atom. The molecule has 3 N–H and O–H groups in total. The minimum atomic E-state index is 0.0849. The third-order valence-corrected chi connectivity index (χ3v) is 8.06. The van der Waals surface area contributed by atoms with E-state index in [2.05, 4.69) is 70.9 Å². The summed E-state index contributed by atoms with van der Waals surface area (Å²) in [5, 5.41) is 9.36. The molecular formula is C35H59N5O2. The molecule has 2 aromatic rings. The van der Waals surface area contributed by atoms with E-state index in [0.29, 0.717) is 31.8 Å². The Bertz CT molecular complexity index is 1050. The molecule has 7 heteroatoms. The molecule has 1 atom stereocenters. The maximum atomic E-state index is 12.5. The third kappa shape index (κ3) is 15.0. The number of unbranched alkanes of at least 4 members (excludes halogenated alkanes) is 6. The lowest BCUT2D eigenvalue weighted by Crippen LogP contribution is -2.31. The van der Waals surface area contributed by atoms with Gasteiger partial charge < -0.3 is 15.2 Å². The van der Waals surface area contributed by atoms with Crippen LogP contribution in [0.15, 0.2) is 42.5 Å². The molecule has 0 saturated carbocycles. The average Bonchev–Trinajstić information content (AvgIpc) is 3.33. The van der Waals surface area contributed by atoms with Crippen LogP contribution in [0.25, 0.3) is 10.9 Å². The van der Waals surface area contributed by atoms with Gasteiger partial charge >= 0.3 is 0 Å². The Morgan fingerprint density at radius 1 is 0.881 bits per heavy atom. The molecule has 7 nitrogen and oxygen atoms in total. The zero-order valence-electron chi connectivity index (χ0n) is 27.1. The van der Waals surface area contributed by atoms with Crippen LogP contribution in [0.2, 0.25) is 0 Å². The fraction of sp³-hybridized carbons (Fsp3) is 0.657. The highest BCUT2D eigenvalue weighted by Crippen LogP contribution is 2.21. The second kappa shape index (κ2) is 22.0. The van der Waals surface area contributed by atoms with Crippen molar-refractivity contribution in [3.63, 3.8) is 0 Å². The number of benzene rings is 1. The molecule has 0 aliphatic rings. The molecule has 0 fully saturated rings. The van der Waals surface area contributed by atoms with Crippen LogP contribution in [-0.2, 0) is 22.7 Å². The summed E-state index contributed by atoms with van der Waals surface area (Å²) in [5.74, 6) is 0.921. The first-order chi connectivity index (χ1) is 20.4. The predicted octanol–water partition coefficient (Wildman–Crippen LogP) is 7.11. The van der Waals surface area contributed by atoms with E-state index in [-0.39, 0.29) is 11.8 Å². The molecule has 2 rings (SSSR count). The van der Waals surface area contributed by atoms with Crippen molar-refractivity contribution in [1.29, 1.82) is 0 Å². The van der Waals surface area contributed by atoms with Gasteiger partial charge in [0, 0.05) is 50.7 Å². The van der Waals surface area contributed by atoms with E-state index in [1.54, 1.807) is 0 Å². The lowest BCUT2D eigenvalue weighted by atomic mass is 9.98. The highest BCUT2D eigenvalue weighted by molar-refractivity contribution is 5.82. The number of para-hydroxylation sites is 1. The summed E-state index contributed by atoms with van der Waals surface area (Å²) in [4.78, 5) is 24.7. The van der Waals surface area contributed by atoms with Crippen molar-refractivity contribution in [1.82, 2.24) is 25.6 Å². The van der Waals surface area contributed by atoms with E-state index in [4.69, 9.17) is 0 Å². The number of hydrogen-bond donors (Lipinski definition) is 3. The molecule has 0 bridgehead atoms. The van der Waals surface area contributed by atoms with Gasteiger partial charge in [-0.05, 0) is 81.9 Å². The number of aryl methyl sites for hydroxylation is 1. The summed E-state index contributed by atoms with van der Waals surface area (Å²) in [6, 6.07) is 10.5. The standard InChI is InChI=1S/C35H59N5O2/c1-5-6-7-8-9-10-11-13-19-30(2)20-18-23-34(41)37-25-16-12-17-26-38-35(42)24-27-40-32(29-39(4)36-3)28-31-21-14-15-22-33(31)40/h10-11,14-15,21-22,28,30,36H,5-9,12-13,16-20,23-27,29H2,1-4H3,(H,37,41)(H,38,42). The van der Waals surface area contributed by atoms with Gasteiger partial charge in [0.1, 0.15) is 0 Å². The number of amides is 2. The van der Waals surface area contributed by atoms with Crippen LogP contribution in [0, 0.1) is 5.92 Å². The van der Waals surface area contributed by atoms with Gasteiger partial charge in [0.15, 0.2) is 0 Å². The number of rotatable bonds is 24. The normalized spacial score (nSPS) is 12.4. The van der Waals surface area contributed by atoms with Crippen LogP contribution in [0.3, 0.4) is 0 Å². The van der Waals surface area contributed by atoms with Crippen molar-refractivity contribution in [2.24, 2.45) is 5.92 Å². The Kier molecular flexibility index (Phi) is 18.6. The highest BCUT2D eigenvalue weighted by Gasteiger charge is 2.12. The second-order valence-electron chi connectivity index (χ2n) is 11.8. The quantitative estimate of drug-likeness (QED) is 0.0701. The number of carbonyl (C=O) groups is 2. The number of hydrazine groups is 1. The molecule has 2 amide bonds. The van der Waals surface area contributed by atoms with Gasteiger partial charge in [-0.15, -0.1) is 0 Å². The van der Waals surface area contributed by atoms with E-state index in [1.807, 2.05) is 25.2 Å². The monoisotopic (exact) mass is 581 g/mol. The maximum Gasteiger partial charge on any atom is 0.221 e. The molecule has 0 aliphatic carbocycles. The van der Waals surface area contributed by atoms with E-state index in [0.717, 1.165) is 57.1 Å². The lowest BCUT2D eigenvalue weighted by molar-refractivity contribution is -0.122. The number of fused-ring (bicyclic) bond motifs is 1. The zero-order valence-corrected chi connectivity index (χ0v) is 27.1. The summed E-state index contributed by atoms with van der Waals surface area (Å²) in [7, 11) is 3.92. The molecule has 0 radical (unpaired) electrons. The third-order valence-electron chi connectivity index (χ3n) is 8.06. The molecule has 1 aromatic heterocycles. The minimum absolute atomic E-state index is 0.0849. The number of nitrogens with one attached hydrogen (secondary N) is 3. The van der Waals surface area contributed by atoms with Crippen LogP contribution >= 0.6 is 0 Å². The SMILES string of the molecule is CCCCCCC=CCCC(C)CCCC(=O)NCCCCCNC(=O)CCn1c(CN(C)NC)cc2ccccc21. The number of hydrogen-bond acceptors (Lipinski definition) is 4. The fourth-order valence-corrected chi connectivity index (χ4v) is 5.32. The van der Waals surface area contributed by atoms with Crippen molar-refractivity contribution < 1.29 is 9.59 Å². The van der Waals surface area contributed by atoms with Gasteiger partial charge in [-0.1, -0.05) is 69.9 Å². The smallest absolute Gasteiger partial charge is 0.221 e. The number of aromatic nitrogens is 1. The average molecular weight is 582 g/mol. The summed E-state index contributed by atoms with van der Waals surface area (Å²) in [6.07, 6.45) is 19.6. The van der Waals surface area contributed by atoms with E-state index in [9.17, 15) is 9.59 Å². The Balaban J connectivity index is 1.49. The zero-order chi connectivity index (χ0) is 30.4. The topological polar surface area (TPSA) is 78.4 Å². The molecule has 0 aliphatic heterocycles. The molecule has 1 heterocycles. The molecular weight excluding hydrogens is 522 g/mol. The van der Waals surface area contributed by atoms with Crippen LogP contribution < -0.4 is 16.1 Å². The van der Waals surface area contributed by atoms with Gasteiger partial charge in [-0.25, -0.2) is 5.01 Å². The minimum Gasteiger partial charge on any atom is -0.356 e. The fourth-order valence-electron chi connectivity index (χ4n) is 5.32. The molecule has 1 aromatic carbocycles. The van der Waals surface area contributed by atoms with Crippen LogP contribution in [-0.4, -0.2) is 48.6 Å². The molecule has 236 valence electrons. The summed E-state index contributed by atoms with van der Waals surface area (Å²) in [5.41, 5.74) is 5.50. The molecule has 0 saturated heterocycles. The van der Waals surface area contributed by atoms with Crippen molar-refractivity contribution in [3.05, 3.63) is 48.2 Å². The van der Waals surface area contributed by atoms with Crippen molar-refractivity contribution >= 4 is 22.7 Å². The summed E-state index contributed by atoms with van der Waals surface area (Å²) in [6.45, 7) is 7.38. The lowest BCUT2D eigenvalue weighted by Gasteiger charge is -2.17. The molecule has 0 spiro atoms. The Hall–Kier alpha value is -2.64. The van der Waals surface area contributed by atoms with Crippen LogP contribution in [0.5, 0.6) is 0 Å². The van der Waals surface area contributed by atoms with E-state index in [1.165, 1.54) is 49.6 Å². The van der Waals surface area contributed by atoms with Gasteiger partial charge in [0.05, 0.1) is 6.54 Å². The van der Waals surface area contributed by atoms with Gasteiger partial charge in [0.2, 0.25) is 11.8 Å². The van der Waals surface area contributed by atoms with Gasteiger partial charge in [-0.2, -0.15) is 0 Å². The van der Waals surface area contributed by atoms with Crippen LogP contribution in [0.1, 0.15) is 109 Å². The first kappa shape index (κ1) is 35.6. The summed E-state index contributed by atoms with van der Waals surface area (Å²) < 4.78 is 2.25. The van der Waals surface area contributed by atoms with Gasteiger partial charge in [0.25, 0.3) is 0 Å². The molecule has 1 unspecified atom stereocenters. The van der Waals surface area contributed by atoms with Crippen molar-refractivity contribution in [2.45, 2.75) is 117 Å². The van der Waals surface area contributed by atoms with E-state index >= 15 is 0 Å². The van der Waals surface area contributed by atoms with Crippen molar-refractivity contribution in [2.75, 3.05) is 27.2 Å². The summed E-state index contributed by atoms with van der Waals surface area (Å²) >= 11 is 0. The highest BCUT2D eigenvalue weighted by atomic mass is 16.2. The number of nitrogens with zero attached hydrogens (tertiary/aromatic N) is 2. The van der Waals surface area contributed by atoms with E-state index < -0.39 is 0 Å². The number of allylic oxidation sites excluding steroid dienone is 2. The maximum absolute atomic E-state index is 12.5. The first-order valence-corrected chi connectivity index (χ1v) is 16.6. The van der Waals surface area contributed by atoms with Crippen molar-refractivity contribution in [3.8, 4) is 0 Å². The van der Waals surface area contributed by atoms with Crippen LogP contribution in [0.4, 0.5) is 0 Å². The second-order valence-corrected chi connectivity index (χ2v) is 11.8. The largest absolute Gasteiger partial charge is 0.356 e. The van der Waals surface area contributed by atoms with Gasteiger partial charge in [-0.3, -0.25) is 15.0 Å². The predicted molar refractivity (Wildman–Crippen MR) is 177 cm³/mol. The number of carbonyl (C=O) groups excluding carboxylic acids is 2. The first-order valence-electron chi connectivity index (χ1n) is 16.6. The molecule has 42 heavy (non-hydrogen) atoms. The Labute approximate surface area is 255 Å². The Morgan fingerprint density at radius 2 is 1.57 bits per heavy atom.